The first kappa shape index (κ1) is 26.1. The fraction of sp³-hybridized carbons (Fsp3) is 0.706. The SMILES string of the molecule is CC(C)(C)OC(=O)NCC(=O)NCC(=O)NCC(=O)NC(CCCCN)C(=O)O. The van der Waals surface area contributed by atoms with E-state index in [1.165, 1.54) is 0 Å². The summed E-state index contributed by atoms with van der Waals surface area (Å²) in [6.07, 6.45) is 0.642. The summed E-state index contributed by atoms with van der Waals surface area (Å²) in [5, 5.41) is 18.1. The molecule has 0 aromatic carbocycles. The van der Waals surface area contributed by atoms with Crippen molar-refractivity contribution in [1.82, 2.24) is 21.3 Å². The van der Waals surface area contributed by atoms with Gasteiger partial charge in [-0.25, -0.2) is 9.59 Å². The number of amides is 4. The van der Waals surface area contributed by atoms with Crippen molar-refractivity contribution >= 4 is 29.8 Å². The summed E-state index contributed by atoms with van der Waals surface area (Å²) in [5.74, 6) is -3.12. The van der Waals surface area contributed by atoms with E-state index in [1.54, 1.807) is 20.8 Å². The summed E-state index contributed by atoms with van der Waals surface area (Å²) in [6.45, 7) is 4.21. The number of aliphatic carboxylic acids is 1. The molecular weight excluding hydrogens is 386 g/mol. The second kappa shape index (κ2) is 13.3. The maximum atomic E-state index is 11.8. The van der Waals surface area contributed by atoms with Crippen molar-refractivity contribution in [3.05, 3.63) is 0 Å². The summed E-state index contributed by atoms with van der Waals surface area (Å²) < 4.78 is 4.96. The van der Waals surface area contributed by atoms with E-state index in [0.29, 0.717) is 19.4 Å². The molecule has 0 radical (unpaired) electrons. The van der Waals surface area contributed by atoms with Crippen LogP contribution in [0, 0.1) is 0 Å². The van der Waals surface area contributed by atoms with E-state index in [-0.39, 0.29) is 13.0 Å². The number of unbranched alkanes of at least 4 members (excludes halogenated alkanes) is 1. The number of carbonyl (C=O) groups excluding carboxylic acids is 4. The highest BCUT2D eigenvalue weighted by atomic mass is 16.6. The molecule has 166 valence electrons. The van der Waals surface area contributed by atoms with Gasteiger partial charge in [-0.1, -0.05) is 0 Å². The monoisotopic (exact) mass is 417 g/mol. The third-order valence-electron chi connectivity index (χ3n) is 3.26. The number of nitrogens with one attached hydrogen (secondary N) is 4. The molecule has 0 aliphatic heterocycles. The Bertz CT molecular complexity index is 589. The van der Waals surface area contributed by atoms with Gasteiger partial charge in [0, 0.05) is 0 Å². The van der Waals surface area contributed by atoms with Gasteiger partial charge < -0.3 is 36.8 Å². The number of hydrogen-bond acceptors (Lipinski definition) is 7. The third kappa shape index (κ3) is 14.8. The van der Waals surface area contributed by atoms with Gasteiger partial charge in [-0.05, 0) is 46.6 Å². The Hall–Kier alpha value is -2.89. The number of carboxylic acid groups (broad SMARTS) is 1. The summed E-state index contributed by atoms with van der Waals surface area (Å²) in [5.41, 5.74) is 4.64. The van der Waals surface area contributed by atoms with E-state index in [1.807, 2.05) is 0 Å². The topological polar surface area (TPSA) is 189 Å². The maximum absolute atomic E-state index is 11.8. The molecule has 0 bridgehead atoms. The molecule has 12 heteroatoms. The number of nitrogens with two attached hydrogens (primary N) is 1. The zero-order valence-electron chi connectivity index (χ0n) is 17.0. The molecule has 0 aromatic heterocycles. The van der Waals surface area contributed by atoms with Crippen molar-refractivity contribution in [2.24, 2.45) is 5.73 Å². The predicted molar refractivity (Wildman–Crippen MR) is 103 cm³/mol. The van der Waals surface area contributed by atoms with Gasteiger partial charge in [0.05, 0.1) is 13.1 Å². The van der Waals surface area contributed by atoms with Crippen molar-refractivity contribution in [2.45, 2.75) is 51.7 Å². The summed E-state index contributed by atoms with van der Waals surface area (Å²) in [4.78, 5) is 57.5. The fourth-order valence-electron chi connectivity index (χ4n) is 1.94. The number of carbonyl (C=O) groups is 5. The minimum absolute atomic E-state index is 0.229. The van der Waals surface area contributed by atoms with Crippen LogP contribution < -0.4 is 27.0 Å². The van der Waals surface area contributed by atoms with Gasteiger partial charge in [0.15, 0.2) is 0 Å². The van der Waals surface area contributed by atoms with E-state index < -0.39 is 54.5 Å². The molecule has 0 aliphatic carbocycles. The predicted octanol–water partition coefficient (Wildman–Crippen LogP) is -1.56. The van der Waals surface area contributed by atoms with E-state index in [9.17, 15) is 24.0 Å². The zero-order chi connectivity index (χ0) is 22.4. The van der Waals surface area contributed by atoms with Crippen LogP contribution in [0.15, 0.2) is 0 Å². The van der Waals surface area contributed by atoms with Crippen LogP contribution in [0.1, 0.15) is 40.0 Å². The van der Waals surface area contributed by atoms with Crippen LogP contribution in [-0.2, 0) is 23.9 Å². The highest BCUT2D eigenvalue weighted by molar-refractivity contribution is 5.90. The molecule has 1 atom stereocenters. The molecule has 0 rings (SSSR count). The molecule has 12 nitrogen and oxygen atoms in total. The lowest BCUT2D eigenvalue weighted by atomic mass is 10.1. The van der Waals surface area contributed by atoms with Gasteiger partial charge in [-0.2, -0.15) is 0 Å². The fourth-order valence-corrected chi connectivity index (χ4v) is 1.94. The first-order chi connectivity index (χ1) is 13.4. The minimum atomic E-state index is -1.17. The van der Waals surface area contributed by atoms with Crippen LogP contribution in [0.5, 0.6) is 0 Å². The Morgan fingerprint density at radius 3 is 1.90 bits per heavy atom. The van der Waals surface area contributed by atoms with Gasteiger partial charge in [0.1, 0.15) is 18.2 Å². The summed E-state index contributed by atoms with van der Waals surface area (Å²) in [6, 6.07) is -1.07. The summed E-state index contributed by atoms with van der Waals surface area (Å²) >= 11 is 0. The van der Waals surface area contributed by atoms with Crippen LogP contribution in [0.25, 0.3) is 0 Å². The molecule has 0 saturated carbocycles. The Balaban J connectivity index is 4.10. The third-order valence-corrected chi connectivity index (χ3v) is 3.26. The Morgan fingerprint density at radius 2 is 1.41 bits per heavy atom. The Kier molecular flexibility index (Phi) is 12.0. The standard InChI is InChI=1S/C17H31N5O7/c1-17(2,3)29-16(28)21-9-13(24)19-8-12(23)20-10-14(25)22-11(15(26)27)6-4-5-7-18/h11H,4-10,18H2,1-3H3,(H,19,24)(H,20,23)(H,21,28)(H,22,25)(H,26,27). The van der Waals surface area contributed by atoms with Gasteiger partial charge in [-0.15, -0.1) is 0 Å². The molecule has 7 N–H and O–H groups in total. The average Bonchev–Trinajstić information content (AvgIpc) is 2.60. The number of rotatable bonds is 12. The molecule has 0 saturated heterocycles. The molecule has 0 aliphatic rings. The van der Waals surface area contributed by atoms with Gasteiger partial charge in [-0.3, -0.25) is 14.4 Å². The molecule has 0 heterocycles. The molecular formula is C17H31N5O7. The van der Waals surface area contributed by atoms with Crippen molar-refractivity contribution < 1.29 is 33.8 Å². The number of alkyl carbamates (subject to hydrolysis) is 1. The van der Waals surface area contributed by atoms with Crippen molar-refractivity contribution in [1.29, 1.82) is 0 Å². The average molecular weight is 417 g/mol. The van der Waals surface area contributed by atoms with Crippen molar-refractivity contribution in [3.8, 4) is 0 Å². The minimum Gasteiger partial charge on any atom is -0.480 e. The van der Waals surface area contributed by atoms with Crippen molar-refractivity contribution in [3.63, 3.8) is 0 Å². The number of carboxylic acids is 1. The van der Waals surface area contributed by atoms with Crippen LogP contribution in [-0.4, -0.2) is 72.7 Å². The summed E-state index contributed by atoms with van der Waals surface area (Å²) in [7, 11) is 0. The van der Waals surface area contributed by atoms with Crippen LogP contribution >= 0.6 is 0 Å². The molecule has 0 fully saturated rings. The molecule has 0 aromatic rings. The van der Waals surface area contributed by atoms with Gasteiger partial charge >= 0.3 is 12.1 Å². The normalized spacial score (nSPS) is 11.7. The second-order valence-corrected chi connectivity index (χ2v) is 7.15. The Morgan fingerprint density at radius 1 is 0.897 bits per heavy atom. The lowest BCUT2D eigenvalue weighted by molar-refractivity contribution is -0.142. The quantitative estimate of drug-likeness (QED) is 0.206. The van der Waals surface area contributed by atoms with Crippen molar-refractivity contribution in [2.75, 3.05) is 26.2 Å². The molecule has 4 amide bonds. The highest BCUT2D eigenvalue weighted by Crippen LogP contribution is 2.06. The first-order valence-corrected chi connectivity index (χ1v) is 9.17. The van der Waals surface area contributed by atoms with Gasteiger partial charge in [0.2, 0.25) is 17.7 Å². The van der Waals surface area contributed by atoms with E-state index in [2.05, 4.69) is 21.3 Å². The lowest BCUT2D eigenvalue weighted by Crippen LogP contribution is -2.47. The smallest absolute Gasteiger partial charge is 0.408 e. The molecule has 1 unspecified atom stereocenters. The Labute approximate surface area is 169 Å². The van der Waals surface area contributed by atoms with E-state index in [0.717, 1.165) is 0 Å². The van der Waals surface area contributed by atoms with Gasteiger partial charge in [0.25, 0.3) is 0 Å². The van der Waals surface area contributed by atoms with Crippen LogP contribution in [0.4, 0.5) is 4.79 Å². The largest absolute Gasteiger partial charge is 0.480 e. The number of hydrogen-bond donors (Lipinski definition) is 6. The first-order valence-electron chi connectivity index (χ1n) is 9.17. The highest BCUT2D eigenvalue weighted by Gasteiger charge is 2.20. The van der Waals surface area contributed by atoms with E-state index in [4.69, 9.17) is 15.6 Å². The molecule has 29 heavy (non-hydrogen) atoms. The van der Waals surface area contributed by atoms with E-state index >= 15 is 0 Å². The number of ether oxygens (including phenoxy) is 1. The maximum Gasteiger partial charge on any atom is 0.408 e. The second-order valence-electron chi connectivity index (χ2n) is 7.15. The van der Waals surface area contributed by atoms with Crippen LogP contribution in [0.3, 0.4) is 0 Å². The lowest BCUT2D eigenvalue weighted by Gasteiger charge is -2.19. The van der Waals surface area contributed by atoms with Crippen LogP contribution in [0.2, 0.25) is 0 Å². The molecule has 0 spiro atoms. The zero-order valence-corrected chi connectivity index (χ0v) is 17.0.